The van der Waals surface area contributed by atoms with Gasteiger partial charge in [0.25, 0.3) is 5.91 Å². The lowest BCUT2D eigenvalue weighted by Crippen LogP contribution is -2.29. The molecule has 0 spiro atoms. The Balaban J connectivity index is 1.61. The number of carbonyl (C=O) groups excluding carboxylic acids is 1. The Bertz CT molecular complexity index is 769. The molecule has 28 heavy (non-hydrogen) atoms. The summed E-state index contributed by atoms with van der Waals surface area (Å²) in [7, 11) is 0. The molecule has 1 aromatic heterocycles. The number of benzene rings is 1. The third-order valence-electron chi connectivity index (χ3n) is 5.00. The van der Waals surface area contributed by atoms with E-state index in [-0.39, 0.29) is 5.91 Å². The zero-order valence-corrected chi connectivity index (χ0v) is 17.0. The van der Waals surface area contributed by atoms with Crippen molar-refractivity contribution in [3.05, 3.63) is 41.7 Å². The fraction of sp³-hybridized carbons (Fsp3) is 0.500. The van der Waals surface area contributed by atoms with Crippen LogP contribution in [0.1, 0.15) is 61.6 Å². The Labute approximate surface area is 167 Å². The van der Waals surface area contributed by atoms with Crippen molar-refractivity contribution < 1.29 is 4.79 Å². The maximum absolute atomic E-state index is 12.6. The summed E-state index contributed by atoms with van der Waals surface area (Å²) in [5.74, 6) is 0.300. The summed E-state index contributed by atoms with van der Waals surface area (Å²) in [4.78, 5) is 23.8. The first-order chi connectivity index (χ1) is 13.7. The number of nitrogens with zero attached hydrogens (tertiary/aromatic N) is 3. The van der Waals surface area contributed by atoms with Crippen molar-refractivity contribution in [2.75, 3.05) is 35.2 Å². The minimum Gasteiger partial charge on any atom is -0.372 e. The van der Waals surface area contributed by atoms with Crippen LogP contribution in [-0.2, 0) is 0 Å². The summed E-state index contributed by atoms with van der Waals surface area (Å²) in [6, 6.07) is 9.79. The van der Waals surface area contributed by atoms with Crippen molar-refractivity contribution in [3.63, 3.8) is 0 Å². The van der Waals surface area contributed by atoms with Crippen LogP contribution in [0, 0.1) is 6.92 Å². The lowest BCUT2D eigenvalue weighted by molar-refractivity contribution is 0.102. The maximum atomic E-state index is 12.6. The molecule has 3 rings (SSSR count). The number of hydrogen-bond acceptors (Lipinski definition) is 5. The summed E-state index contributed by atoms with van der Waals surface area (Å²) < 4.78 is 0. The van der Waals surface area contributed by atoms with E-state index in [0.29, 0.717) is 11.6 Å². The Morgan fingerprint density at radius 3 is 2.54 bits per heavy atom. The van der Waals surface area contributed by atoms with Crippen LogP contribution in [0.5, 0.6) is 0 Å². The molecular formula is C22H31N5O. The van der Waals surface area contributed by atoms with Crippen molar-refractivity contribution in [3.8, 4) is 0 Å². The largest absolute Gasteiger partial charge is 0.372 e. The van der Waals surface area contributed by atoms with Crippen molar-refractivity contribution >= 4 is 23.2 Å². The number of aryl methyl sites for hydroxylation is 1. The van der Waals surface area contributed by atoms with Gasteiger partial charge in [0.2, 0.25) is 5.95 Å². The number of aromatic nitrogens is 2. The molecule has 0 bridgehead atoms. The lowest BCUT2D eigenvalue weighted by Gasteiger charge is -2.28. The molecule has 2 aromatic rings. The van der Waals surface area contributed by atoms with E-state index in [1.807, 2.05) is 19.1 Å². The van der Waals surface area contributed by atoms with Gasteiger partial charge in [-0.2, -0.15) is 0 Å². The number of carbonyl (C=O) groups is 1. The smallest absolute Gasteiger partial charge is 0.274 e. The van der Waals surface area contributed by atoms with E-state index < -0.39 is 0 Å². The maximum Gasteiger partial charge on any atom is 0.274 e. The predicted molar refractivity (Wildman–Crippen MR) is 115 cm³/mol. The first-order valence-electron chi connectivity index (χ1n) is 10.4. The van der Waals surface area contributed by atoms with Gasteiger partial charge < -0.3 is 15.5 Å². The molecule has 0 radical (unpaired) electrons. The predicted octanol–water partition coefficient (Wildman–Crippen LogP) is 4.63. The second kappa shape index (κ2) is 10.1. The van der Waals surface area contributed by atoms with Gasteiger partial charge in [-0.05, 0) is 62.9 Å². The van der Waals surface area contributed by atoms with E-state index in [1.54, 1.807) is 6.07 Å². The SMILES string of the molecule is CCCCCNc1nc(C)cc(C(=O)Nc2ccc(N3CCCCC3)cc2)n1. The molecule has 0 atom stereocenters. The summed E-state index contributed by atoms with van der Waals surface area (Å²) in [6.45, 7) is 7.09. The molecule has 6 nitrogen and oxygen atoms in total. The molecular weight excluding hydrogens is 350 g/mol. The van der Waals surface area contributed by atoms with Gasteiger partial charge in [-0.15, -0.1) is 0 Å². The molecule has 1 amide bonds. The van der Waals surface area contributed by atoms with Crippen LogP contribution in [0.25, 0.3) is 0 Å². The van der Waals surface area contributed by atoms with Gasteiger partial charge in [0.1, 0.15) is 5.69 Å². The van der Waals surface area contributed by atoms with Crippen LogP contribution in [0.15, 0.2) is 30.3 Å². The topological polar surface area (TPSA) is 70.2 Å². The summed E-state index contributed by atoms with van der Waals surface area (Å²) in [5.41, 5.74) is 3.15. The molecule has 1 saturated heterocycles. The van der Waals surface area contributed by atoms with Gasteiger partial charge in [0, 0.05) is 36.7 Å². The van der Waals surface area contributed by atoms with Crippen molar-refractivity contribution in [1.29, 1.82) is 0 Å². The van der Waals surface area contributed by atoms with Crippen molar-refractivity contribution in [2.45, 2.75) is 52.4 Å². The van der Waals surface area contributed by atoms with Crippen LogP contribution in [0.2, 0.25) is 0 Å². The van der Waals surface area contributed by atoms with E-state index in [0.717, 1.165) is 37.4 Å². The number of amides is 1. The first-order valence-corrected chi connectivity index (χ1v) is 10.4. The number of piperidine rings is 1. The molecule has 1 fully saturated rings. The second-order valence-electron chi connectivity index (χ2n) is 7.40. The zero-order chi connectivity index (χ0) is 19.8. The molecule has 0 saturated carbocycles. The first kappa shape index (κ1) is 20.1. The summed E-state index contributed by atoms with van der Waals surface area (Å²) in [6.07, 6.45) is 7.22. The second-order valence-corrected chi connectivity index (χ2v) is 7.40. The average Bonchev–Trinajstić information content (AvgIpc) is 2.72. The Morgan fingerprint density at radius 2 is 1.82 bits per heavy atom. The van der Waals surface area contributed by atoms with E-state index in [9.17, 15) is 4.79 Å². The van der Waals surface area contributed by atoms with Crippen LogP contribution in [0.3, 0.4) is 0 Å². The molecule has 150 valence electrons. The minimum absolute atomic E-state index is 0.215. The fourth-order valence-corrected chi connectivity index (χ4v) is 3.44. The third kappa shape index (κ3) is 5.68. The molecule has 2 N–H and O–H groups in total. The number of hydrogen-bond donors (Lipinski definition) is 2. The Morgan fingerprint density at radius 1 is 1.07 bits per heavy atom. The van der Waals surface area contributed by atoms with E-state index in [4.69, 9.17) is 0 Å². The Hall–Kier alpha value is -2.63. The zero-order valence-electron chi connectivity index (χ0n) is 17.0. The monoisotopic (exact) mass is 381 g/mol. The average molecular weight is 382 g/mol. The third-order valence-corrected chi connectivity index (χ3v) is 5.00. The lowest BCUT2D eigenvalue weighted by atomic mass is 10.1. The molecule has 0 aliphatic carbocycles. The molecule has 2 heterocycles. The van der Waals surface area contributed by atoms with E-state index in [1.165, 1.54) is 37.8 Å². The quantitative estimate of drug-likeness (QED) is 0.653. The fourth-order valence-electron chi connectivity index (χ4n) is 3.44. The van der Waals surface area contributed by atoms with Crippen LogP contribution >= 0.6 is 0 Å². The highest BCUT2D eigenvalue weighted by molar-refractivity contribution is 6.03. The van der Waals surface area contributed by atoms with Gasteiger partial charge in [0.15, 0.2) is 0 Å². The van der Waals surface area contributed by atoms with Crippen LogP contribution in [0.4, 0.5) is 17.3 Å². The van der Waals surface area contributed by atoms with Gasteiger partial charge in [-0.1, -0.05) is 19.8 Å². The Kier molecular flexibility index (Phi) is 7.23. The molecule has 1 aliphatic rings. The van der Waals surface area contributed by atoms with Gasteiger partial charge >= 0.3 is 0 Å². The highest BCUT2D eigenvalue weighted by atomic mass is 16.1. The van der Waals surface area contributed by atoms with Crippen molar-refractivity contribution in [1.82, 2.24) is 9.97 Å². The van der Waals surface area contributed by atoms with Crippen LogP contribution < -0.4 is 15.5 Å². The standard InChI is InChI=1S/C22H31N5O/c1-3-4-6-13-23-22-24-17(2)16-20(26-22)21(28)25-18-9-11-19(12-10-18)27-14-7-5-8-15-27/h9-12,16H,3-8,13-15H2,1-2H3,(H,25,28)(H,23,24,26). The van der Waals surface area contributed by atoms with Gasteiger partial charge in [-0.25, -0.2) is 9.97 Å². The minimum atomic E-state index is -0.215. The number of unbranched alkanes of at least 4 members (excludes halogenated alkanes) is 2. The number of anilines is 3. The van der Waals surface area contributed by atoms with Crippen molar-refractivity contribution in [2.24, 2.45) is 0 Å². The number of rotatable bonds is 8. The van der Waals surface area contributed by atoms with Crippen LogP contribution in [-0.4, -0.2) is 35.5 Å². The normalized spacial score (nSPS) is 14.0. The molecule has 6 heteroatoms. The highest BCUT2D eigenvalue weighted by Gasteiger charge is 2.13. The van der Waals surface area contributed by atoms with E-state index in [2.05, 4.69) is 44.6 Å². The highest BCUT2D eigenvalue weighted by Crippen LogP contribution is 2.22. The number of nitrogens with one attached hydrogen (secondary N) is 2. The summed E-state index contributed by atoms with van der Waals surface area (Å²) >= 11 is 0. The molecule has 0 unspecified atom stereocenters. The molecule has 1 aromatic carbocycles. The van der Waals surface area contributed by atoms with Gasteiger partial charge in [-0.3, -0.25) is 4.79 Å². The van der Waals surface area contributed by atoms with E-state index >= 15 is 0 Å². The van der Waals surface area contributed by atoms with Gasteiger partial charge in [0.05, 0.1) is 0 Å². The summed E-state index contributed by atoms with van der Waals surface area (Å²) in [5, 5.41) is 6.16. The molecule has 1 aliphatic heterocycles.